The molecule has 0 aromatic carbocycles. The molecule has 0 aromatic rings. The summed E-state index contributed by atoms with van der Waals surface area (Å²) in [6.07, 6.45) is 2.51. The Hall–Kier alpha value is -1.30. The summed E-state index contributed by atoms with van der Waals surface area (Å²) in [6.45, 7) is 8.34. The van der Waals surface area contributed by atoms with Crippen LogP contribution in [0.4, 0.5) is 4.79 Å². The van der Waals surface area contributed by atoms with Crippen molar-refractivity contribution in [2.75, 3.05) is 26.7 Å². The van der Waals surface area contributed by atoms with Crippen molar-refractivity contribution in [2.24, 2.45) is 5.92 Å². The summed E-state index contributed by atoms with van der Waals surface area (Å²) >= 11 is 0. The predicted molar refractivity (Wildman–Crippen MR) is 82.3 cm³/mol. The number of hydrogen-bond donors (Lipinski definition) is 2. The van der Waals surface area contributed by atoms with Gasteiger partial charge in [0.1, 0.15) is 6.04 Å². The van der Waals surface area contributed by atoms with E-state index in [0.717, 1.165) is 32.4 Å². The number of carbonyl (C=O) groups is 2. The first-order valence-corrected chi connectivity index (χ1v) is 7.89. The second kappa shape index (κ2) is 8.22. The van der Waals surface area contributed by atoms with Gasteiger partial charge in [0.15, 0.2) is 0 Å². The number of carboxylic acids is 1. The summed E-state index contributed by atoms with van der Waals surface area (Å²) in [6, 6.07) is -0.922. The molecular weight excluding hydrogens is 270 g/mol. The highest BCUT2D eigenvalue weighted by atomic mass is 16.4. The third kappa shape index (κ3) is 4.88. The first kappa shape index (κ1) is 17.8. The average molecular weight is 299 g/mol. The number of hydrogen-bond acceptors (Lipinski definition) is 3. The first-order chi connectivity index (χ1) is 9.90. The van der Waals surface area contributed by atoms with Gasteiger partial charge in [-0.25, -0.2) is 9.59 Å². The van der Waals surface area contributed by atoms with Gasteiger partial charge in [0.25, 0.3) is 0 Å². The summed E-state index contributed by atoms with van der Waals surface area (Å²) in [4.78, 5) is 27.9. The minimum atomic E-state index is -0.960. The van der Waals surface area contributed by atoms with E-state index >= 15 is 0 Å². The van der Waals surface area contributed by atoms with Gasteiger partial charge in [0.05, 0.1) is 0 Å². The van der Waals surface area contributed by atoms with E-state index in [1.807, 2.05) is 18.7 Å². The van der Waals surface area contributed by atoms with Crippen LogP contribution in [0.3, 0.4) is 0 Å². The molecule has 1 aliphatic rings. The van der Waals surface area contributed by atoms with Crippen molar-refractivity contribution in [1.82, 2.24) is 15.1 Å². The lowest BCUT2D eigenvalue weighted by atomic mass is 9.99. The summed E-state index contributed by atoms with van der Waals surface area (Å²) in [5.74, 6) is -1.04. The topological polar surface area (TPSA) is 72.9 Å². The molecule has 21 heavy (non-hydrogen) atoms. The van der Waals surface area contributed by atoms with Crippen molar-refractivity contribution in [2.45, 2.75) is 52.1 Å². The van der Waals surface area contributed by atoms with Gasteiger partial charge in [0.2, 0.25) is 0 Å². The van der Waals surface area contributed by atoms with Crippen LogP contribution in [0.25, 0.3) is 0 Å². The van der Waals surface area contributed by atoms with Crippen LogP contribution in [0.1, 0.15) is 40.0 Å². The van der Waals surface area contributed by atoms with Gasteiger partial charge in [-0.05, 0) is 32.4 Å². The molecule has 0 aliphatic carbocycles. The number of rotatable bonds is 5. The van der Waals surface area contributed by atoms with Gasteiger partial charge < -0.3 is 20.2 Å². The van der Waals surface area contributed by atoms with E-state index in [0.29, 0.717) is 6.54 Å². The Morgan fingerprint density at radius 3 is 2.52 bits per heavy atom. The number of aliphatic carboxylic acids is 1. The van der Waals surface area contributed by atoms with Crippen molar-refractivity contribution in [1.29, 1.82) is 0 Å². The maximum atomic E-state index is 12.5. The normalized spacial score (nSPS) is 23.2. The van der Waals surface area contributed by atoms with Crippen LogP contribution in [0.5, 0.6) is 0 Å². The number of carbonyl (C=O) groups excluding carboxylic acids is 1. The Morgan fingerprint density at radius 2 is 2.00 bits per heavy atom. The van der Waals surface area contributed by atoms with Crippen LogP contribution >= 0.6 is 0 Å². The molecule has 0 spiro atoms. The highest BCUT2D eigenvalue weighted by Crippen LogP contribution is 2.14. The van der Waals surface area contributed by atoms with Crippen LogP contribution in [0.15, 0.2) is 0 Å². The molecule has 1 rings (SSSR count). The number of likely N-dealkylation sites (N-methyl/N-ethyl adjacent to an activating group) is 1. The van der Waals surface area contributed by atoms with Crippen LogP contribution < -0.4 is 5.32 Å². The minimum Gasteiger partial charge on any atom is -0.480 e. The molecule has 6 heteroatoms. The number of amides is 2. The van der Waals surface area contributed by atoms with E-state index in [9.17, 15) is 14.7 Å². The van der Waals surface area contributed by atoms with Crippen LogP contribution in [-0.2, 0) is 4.79 Å². The number of carboxylic acid groups (broad SMARTS) is 1. The molecule has 1 heterocycles. The third-order valence-electron chi connectivity index (χ3n) is 4.39. The molecule has 2 N–H and O–H groups in total. The molecule has 1 fully saturated rings. The fraction of sp³-hybridized carbons (Fsp3) is 0.867. The Bertz CT molecular complexity index is 362. The van der Waals surface area contributed by atoms with Gasteiger partial charge in [-0.15, -0.1) is 0 Å². The van der Waals surface area contributed by atoms with Crippen LogP contribution in [0.2, 0.25) is 0 Å². The van der Waals surface area contributed by atoms with Crippen molar-refractivity contribution in [3.63, 3.8) is 0 Å². The molecule has 3 atom stereocenters. The molecule has 2 amide bonds. The predicted octanol–water partition coefficient (Wildman–Crippen LogP) is 1.61. The quantitative estimate of drug-likeness (QED) is 0.809. The highest BCUT2D eigenvalue weighted by Gasteiger charge is 2.31. The van der Waals surface area contributed by atoms with E-state index in [4.69, 9.17) is 0 Å². The molecule has 0 aromatic heterocycles. The van der Waals surface area contributed by atoms with E-state index < -0.39 is 12.0 Å². The Balaban J connectivity index is 2.77. The van der Waals surface area contributed by atoms with Crippen molar-refractivity contribution >= 4 is 12.0 Å². The maximum Gasteiger partial charge on any atom is 0.326 e. The third-order valence-corrected chi connectivity index (χ3v) is 4.39. The molecule has 0 saturated carbocycles. The zero-order chi connectivity index (χ0) is 16.0. The maximum absolute atomic E-state index is 12.5. The summed E-state index contributed by atoms with van der Waals surface area (Å²) in [5.41, 5.74) is 0. The van der Waals surface area contributed by atoms with Gasteiger partial charge in [-0.1, -0.05) is 27.2 Å². The zero-order valence-corrected chi connectivity index (χ0v) is 13.6. The standard InChI is InChI=1S/C15H29N3O3/c1-5-11(3)13(14(19)20)16-15(21)18-9-7-8-17(4)10-12(18)6-2/h11-13H,5-10H2,1-4H3,(H,16,21)(H,19,20). The molecule has 1 aliphatic heterocycles. The fourth-order valence-electron chi connectivity index (χ4n) is 2.76. The SMILES string of the molecule is CCC(C)C(NC(=O)N1CCCN(C)CC1CC)C(=O)O. The summed E-state index contributed by atoms with van der Waals surface area (Å²) < 4.78 is 0. The van der Waals surface area contributed by atoms with Gasteiger partial charge in [-0.3, -0.25) is 0 Å². The summed E-state index contributed by atoms with van der Waals surface area (Å²) in [5, 5.41) is 12.0. The second-order valence-electron chi connectivity index (χ2n) is 6.02. The summed E-state index contributed by atoms with van der Waals surface area (Å²) in [7, 11) is 2.06. The van der Waals surface area contributed by atoms with Gasteiger partial charge in [-0.2, -0.15) is 0 Å². The molecular formula is C15H29N3O3. The Labute approximate surface area is 127 Å². The number of nitrogens with one attached hydrogen (secondary N) is 1. The Morgan fingerprint density at radius 1 is 1.33 bits per heavy atom. The number of nitrogens with zero attached hydrogens (tertiary/aromatic N) is 2. The zero-order valence-electron chi connectivity index (χ0n) is 13.6. The van der Waals surface area contributed by atoms with E-state index in [1.165, 1.54) is 0 Å². The minimum absolute atomic E-state index is 0.0822. The van der Waals surface area contributed by atoms with Gasteiger partial charge in [0, 0.05) is 19.1 Å². The fourth-order valence-corrected chi connectivity index (χ4v) is 2.76. The molecule has 1 saturated heterocycles. The lowest BCUT2D eigenvalue weighted by molar-refractivity contribution is -0.140. The molecule has 3 unspecified atom stereocenters. The lowest BCUT2D eigenvalue weighted by Gasteiger charge is -2.32. The van der Waals surface area contributed by atoms with Gasteiger partial charge >= 0.3 is 12.0 Å². The average Bonchev–Trinajstić information content (AvgIpc) is 2.64. The first-order valence-electron chi connectivity index (χ1n) is 7.89. The number of urea groups is 1. The highest BCUT2D eigenvalue weighted by molar-refractivity contribution is 5.83. The largest absolute Gasteiger partial charge is 0.480 e. The van der Waals surface area contributed by atoms with Crippen LogP contribution in [-0.4, -0.2) is 65.7 Å². The van der Waals surface area contributed by atoms with E-state index in [1.54, 1.807) is 0 Å². The van der Waals surface area contributed by atoms with E-state index in [-0.39, 0.29) is 18.0 Å². The van der Waals surface area contributed by atoms with Crippen molar-refractivity contribution < 1.29 is 14.7 Å². The van der Waals surface area contributed by atoms with Crippen LogP contribution in [0, 0.1) is 5.92 Å². The molecule has 0 radical (unpaired) electrons. The molecule has 6 nitrogen and oxygen atoms in total. The molecule has 122 valence electrons. The lowest BCUT2D eigenvalue weighted by Crippen LogP contribution is -2.54. The Kier molecular flexibility index (Phi) is 6.95. The second-order valence-corrected chi connectivity index (χ2v) is 6.02. The smallest absolute Gasteiger partial charge is 0.326 e. The van der Waals surface area contributed by atoms with E-state index in [2.05, 4.69) is 24.2 Å². The van der Waals surface area contributed by atoms with Crippen molar-refractivity contribution in [3.8, 4) is 0 Å². The monoisotopic (exact) mass is 299 g/mol. The molecule has 0 bridgehead atoms. The van der Waals surface area contributed by atoms with Crippen molar-refractivity contribution in [3.05, 3.63) is 0 Å².